The van der Waals surface area contributed by atoms with Crippen molar-refractivity contribution in [3.63, 3.8) is 0 Å². The van der Waals surface area contributed by atoms with Gasteiger partial charge in [-0.1, -0.05) is 36.8 Å². The molecular weight excluding hydrogens is 357 g/mol. The highest BCUT2D eigenvalue weighted by Gasteiger charge is 2.38. The van der Waals surface area contributed by atoms with Crippen LogP contribution in [0.1, 0.15) is 31.4 Å². The molecule has 0 bridgehead atoms. The molecule has 0 radical (unpaired) electrons. The van der Waals surface area contributed by atoms with Gasteiger partial charge in [0.2, 0.25) is 0 Å². The second-order valence-electron chi connectivity index (χ2n) is 6.20. The molecule has 0 unspecified atom stereocenters. The van der Waals surface area contributed by atoms with Crippen molar-refractivity contribution in [1.82, 2.24) is 4.90 Å². The summed E-state index contributed by atoms with van der Waals surface area (Å²) < 4.78 is 19.4. The lowest BCUT2D eigenvalue weighted by atomic mass is 10.2. The van der Waals surface area contributed by atoms with Crippen LogP contribution in [0.4, 0.5) is 4.39 Å². The van der Waals surface area contributed by atoms with E-state index in [9.17, 15) is 9.18 Å². The number of nitrogens with zero attached hydrogens (tertiary/aromatic N) is 1. The van der Waals surface area contributed by atoms with Gasteiger partial charge in [-0.15, -0.1) is 0 Å². The number of hydrogen-bond donors (Lipinski definition) is 0. The molecule has 1 aliphatic carbocycles. The maximum Gasteiger partial charge on any atom is 0.266 e. The molecule has 2 aliphatic rings. The topological polar surface area (TPSA) is 33.5 Å². The molecule has 1 aliphatic heterocycles. The Bertz CT molecular complexity index is 851. The zero-order valence-corrected chi connectivity index (χ0v) is 15.0. The Balaban J connectivity index is 1.56. The van der Waals surface area contributed by atoms with E-state index in [-0.39, 0.29) is 17.8 Å². The minimum Gasteiger partial charge on any atom is -0.457 e. The molecule has 2 heterocycles. The molecule has 0 atom stereocenters. The van der Waals surface area contributed by atoms with Crippen molar-refractivity contribution in [2.45, 2.75) is 31.7 Å². The summed E-state index contributed by atoms with van der Waals surface area (Å²) in [6.07, 6.45) is 6.09. The Labute approximate surface area is 154 Å². The van der Waals surface area contributed by atoms with E-state index < -0.39 is 0 Å². The second-order valence-corrected chi connectivity index (χ2v) is 7.87. The summed E-state index contributed by atoms with van der Waals surface area (Å²) in [5.74, 6) is 0.913. The third-order valence-electron chi connectivity index (χ3n) is 4.54. The van der Waals surface area contributed by atoms with Crippen molar-refractivity contribution >= 4 is 40.3 Å². The number of benzene rings is 1. The van der Waals surface area contributed by atoms with Gasteiger partial charge < -0.3 is 4.42 Å². The molecule has 1 saturated heterocycles. The number of furan rings is 1. The lowest BCUT2D eigenvalue weighted by Crippen LogP contribution is -2.36. The first-order valence-electron chi connectivity index (χ1n) is 8.25. The third-order valence-corrected chi connectivity index (χ3v) is 5.87. The van der Waals surface area contributed by atoms with Crippen LogP contribution >= 0.6 is 24.0 Å². The molecule has 1 aromatic heterocycles. The number of carbonyl (C=O) groups excluding carboxylic acids is 1. The zero-order chi connectivity index (χ0) is 17.4. The SMILES string of the molecule is O=C1/C(=C/c2ccc(-c3ccc(F)cc3)o2)SC(=S)N1C1CCCC1. The van der Waals surface area contributed by atoms with Crippen molar-refractivity contribution in [3.8, 4) is 11.3 Å². The van der Waals surface area contributed by atoms with Crippen molar-refractivity contribution in [2.24, 2.45) is 0 Å². The zero-order valence-electron chi connectivity index (χ0n) is 13.4. The summed E-state index contributed by atoms with van der Waals surface area (Å²) >= 11 is 6.73. The van der Waals surface area contributed by atoms with E-state index in [1.165, 1.54) is 23.9 Å². The lowest BCUT2D eigenvalue weighted by Gasteiger charge is -2.21. The molecule has 128 valence electrons. The van der Waals surface area contributed by atoms with Gasteiger partial charge in [-0.3, -0.25) is 9.69 Å². The van der Waals surface area contributed by atoms with Crippen LogP contribution in [0.25, 0.3) is 17.4 Å². The van der Waals surface area contributed by atoms with Gasteiger partial charge in [-0.25, -0.2) is 4.39 Å². The molecule has 2 fully saturated rings. The second kappa shape index (κ2) is 6.77. The Morgan fingerprint density at radius 1 is 1.16 bits per heavy atom. The highest BCUT2D eigenvalue weighted by atomic mass is 32.2. The van der Waals surface area contributed by atoms with Crippen LogP contribution in [0, 0.1) is 5.82 Å². The Hall–Kier alpha value is -1.92. The molecule has 6 heteroatoms. The minimum atomic E-state index is -0.286. The van der Waals surface area contributed by atoms with E-state index >= 15 is 0 Å². The molecule has 2 aromatic rings. The number of thioether (sulfide) groups is 1. The van der Waals surface area contributed by atoms with Crippen LogP contribution in [0.15, 0.2) is 45.7 Å². The molecule has 1 saturated carbocycles. The fourth-order valence-corrected chi connectivity index (χ4v) is 4.67. The first kappa shape index (κ1) is 16.5. The van der Waals surface area contributed by atoms with Crippen molar-refractivity contribution < 1.29 is 13.6 Å². The van der Waals surface area contributed by atoms with Crippen LogP contribution < -0.4 is 0 Å². The third kappa shape index (κ3) is 3.28. The van der Waals surface area contributed by atoms with Gasteiger partial charge in [0, 0.05) is 17.7 Å². The summed E-state index contributed by atoms with van der Waals surface area (Å²) in [7, 11) is 0. The summed E-state index contributed by atoms with van der Waals surface area (Å²) in [6, 6.07) is 9.98. The largest absolute Gasteiger partial charge is 0.457 e. The number of hydrogen-bond acceptors (Lipinski definition) is 4. The van der Waals surface area contributed by atoms with E-state index in [4.69, 9.17) is 16.6 Å². The fraction of sp³-hybridized carbons (Fsp3) is 0.263. The fourth-order valence-electron chi connectivity index (χ4n) is 3.29. The smallest absolute Gasteiger partial charge is 0.266 e. The molecular formula is C19H16FNO2S2. The molecule has 25 heavy (non-hydrogen) atoms. The minimum absolute atomic E-state index is 0.0263. The lowest BCUT2D eigenvalue weighted by molar-refractivity contribution is -0.123. The number of halogens is 1. The molecule has 1 amide bonds. The number of amides is 1. The van der Waals surface area contributed by atoms with E-state index in [1.807, 2.05) is 6.07 Å². The summed E-state index contributed by atoms with van der Waals surface area (Å²) in [4.78, 5) is 15.0. The quantitative estimate of drug-likeness (QED) is 0.545. The van der Waals surface area contributed by atoms with Gasteiger partial charge in [-0.2, -0.15) is 0 Å². The van der Waals surface area contributed by atoms with E-state index in [0.717, 1.165) is 31.2 Å². The van der Waals surface area contributed by atoms with E-state index in [0.29, 0.717) is 20.7 Å². The van der Waals surface area contributed by atoms with Crippen molar-refractivity contribution in [2.75, 3.05) is 0 Å². The van der Waals surface area contributed by atoms with Crippen LogP contribution in [0.2, 0.25) is 0 Å². The van der Waals surface area contributed by atoms with Gasteiger partial charge in [-0.05, 0) is 49.2 Å². The van der Waals surface area contributed by atoms with Crippen molar-refractivity contribution in [1.29, 1.82) is 0 Å². The van der Waals surface area contributed by atoms with Gasteiger partial charge in [0.05, 0.1) is 4.91 Å². The first-order valence-corrected chi connectivity index (χ1v) is 9.47. The standard InChI is InChI=1S/C19H16FNO2S2/c20-13-7-5-12(6-8-13)16-10-9-15(23-16)11-17-18(22)21(19(24)25-17)14-3-1-2-4-14/h5-11,14H,1-4H2/b17-11-. The maximum absolute atomic E-state index is 13.0. The number of rotatable bonds is 3. The van der Waals surface area contributed by atoms with Gasteiger partial charge in [0.1, 0.15) is 21.7 Å². The highest BCUT2D eigenvalue weighted by Crippen LogP contribution is 2.38. The molecule has 1 aromatic carbocycles. The normalized spacial score (nSPS) is 20.2. The van der Waals surface area contributed by atoms with Crippen LogP contribution in [-0.2, 0) is 4.79 Å². The summed E-state index contributed by atoms with van der Waals surface area (Å²) in [5, 5.41) is 0. The number of thiocarbonyl (C=S) groups is 1. The Morgan fingerprint density at radius 3 is 2.60 bits per heavy atom. The predicted molar refractivity (Wildman–Crippen MR) is 101 cm³/mol. The number of carbonyl (C=O) groups is 1. The molecule has 3 nitrogen and oxygen atoms in total. The summed E-state index contributed by atoms with van der Waals surface area (Å²) in [6.45, 7) is 0. The predicted octanol–water partition coefficient (Wildman–Crippen LogP) is 5.23. The molecule has 0 N–H and O–H groups in total. The first-order chi connectivity index (χ1) is 12.1. The van der Waals surface area contributed by atoms with Crippen LogP contribution in [0.3, 0.4) is 0 Å². The van der Waals surface area contributed by atoms with Crippen LogP contribution in [-0.4, -0.2) is 21.2 Å². The van der Waals surface area contributed by atoms with Crippen molar-refractivity contribution in [3.05, 3.63) is 52.9 Å². The maximum atomic E-state index is 13.0. The van der Waals surface area contributed by atoms with Gasteiger partial charge >= 0.3 is 0 Å². The average Bonchev–Trinajstić information content (AvgIpc) is 3.31. The van der Waals surface area contributed by atoms with Gasteiger partial charge in [0.15, 0.2) is 0 Å². The Kier molecular flexibility index (Phi) is 4.48. The average molecular weight is 373 g/mol. The monoisotopic (exact) mass is 373 g/mol. The summed E-state index contributed by atoms with van der Waals surface area (Å²) in [5.41, 5.74) is 0.791. The van der Waals surface area contributed by atoms with Crippen LogP contribution in [0.5, 0.6) is 0 Å². The van der Waals surface area contributed by atoms with Gasteiger partial charge in [0.25, 0.3) is 5.91 Å². The Morgan fingerprint density at radius 2 is 1.88 bits per heavy atom. The van der Waals surface area contributed by atoms with E-state index in [2.05, 4.69) is 0 Å². The molecule has 0 spiro atoms. The highest BCUT2D eigenvalue weighted by molar-refractivity contribution is 8.26. The molecule has 4 rings (SSSR count). The van der Waals surface area contributed by atoms with E-state index in [1.54, 1.807) is 29.2 Å².